The van der Waals surface area contributed by atoms with Gasteiger partial charge in [-0.2, -0.15) is 0 Å². The van der Waals surface area contributed by atoms with Gasteiger partial charge in [-0.05, 0) is 29.3 Å². The number of anilines is 1. The lowest BCUT2D eigenvalue weighted by atomic mass is 10.1. The van der Waals surface area contributed by atoms with E-state index in [2.05, 4.69) is 5.32 Å². The maximum Gasteiger partial charge on any atom is 0.262 e. The molecule has 3 rings (SSSR count). The maximum absolute atomic E-state index is 12.0. The molecule has 5 heteroatoms. The number of benzene rings is 2. The zero-order valence-electron chi connectivity index (χ0n) is 10.8. The average Bonchev–Trinajstić information content (AvgIpc) is 2.48. The molecule has 0 aromatic heterocycles. The Hall–Kier alpha value is -2.53. The first-order valence-electron chi connectivity index (χ1n) is 6.25. The number of amides is 1. The molecule has 0 radical (unpaired) electrons. The highest BCUT2D eigenvalue weighted by Crippen LogP contribution is 2.38. The Balaban J connectivity index is 1.90. The van der Waals surface area contributed by atoms with E-state index in [0.29, 0.717) is 4.91 Å². The van der Waals surface area contributed by atoms with Gasteiger partial charge in [-0.25, -0.2) is 0 Å². The predicted molar refractivity (Wildman–Crippen MR) is 79.7 cm³/mol. The van der Waals surface area contributed by atoms with Crippen molar-refractivity contribution in [1.82, 2.24) is 0 Å². The highest BCUT2D eigenvalue weighted by Gasteiger charge is 2.20. The molecule has 0 fully saturated rings. The van der Waals surface area contributed by atoms with Gasteiger partial charge in [-0.15, -0.1) is 0 Å². The van der Waals surface area contributed by atoms with E-state index in [1.807, 2.05) is 24.3 Å². The molecule has 0 unspecified atom stereocenters. The van der Waals surface area contributed by atoms with Gasteiger partial charge in [0.15, 0.2) is 0 Å². The summed E-state index contributed by atoms with van der Waals surface area (Å²) in [7, 11) is 0. The van der Waals surface area contributed by atoms with Crippen molar-refractivity contribution in [2.75, 3.05) is 5.32 Å². The zero-order valence-corrected chi connectivity index (χ0v) is 11.6. The standard InChI is InChI=1S/C16H11NO3S/c18-15-14(21-13-4-2-1-3-12(13)17-15)9-10-5-7-11(8-6-10)16(19)20/h1-9H,(H,17,18)(H,19,20)/p-1. The molecule has 1 amide bonds. The molecule has 4 nitrogen and oxygen atoms in total. The number of carboxylic acids is 1. The van der Waals surface area contributed by atoms with Crippen LogP contribution in [-0.4, -0.2) is 11.9 Å². The van der Waals surface area contributed by atoms with Crippen molar-refractivity contribution < 1.29 is 14.7 Å². The van der Waals surface area contributed by atoms with Crippen LogP contribution in [0.3, 0.4) is 0 Å². The molecule has 0 aliphatic carbocycles. The summed E-state index contributed by atoms with van der Waals surface area (Å²) in [6.45, 7) is 0. The average molecular weight is 296 g/mol. The lowest BCUT2D eigenvalue weighted by molar-refractivity contribution is -0.255. The third kappa shape index (κ3) is 2.83. The third-order valence-electron chi connectivity index (χ3n) is 3.02. The Morgan fingerprint density at radius 1 is 1.10 bits per heavy atom. The van der Waals surface area contributed by atoms with Gasteiger partial charge in [0.1, 0.15) is 0 Å². The fraction of sp³-hybridized carbons (Fsp3) is 0. The maximum atomic E-state index is 12.0. The number of carbonyl (C=O) groups excluding carboxylic acids is 2. The first-order valence-corrected chi connectivity index (χ1v) is 7.06. The number of thioether (sulfide) groups is 1. The number of rotatable bonds is 2. The van der Waals surface area contributed by atoms with Gasteiger partial charge in [0, 0.05) is 4.90 Å². The van der Waals surface area contributed by atoms with Crippen molar-refractivity contribution in [3.8, 4) is 0 Å². The van der Waals surface area contributed by atoms with E-state index in [9.17, 15) is 14.7 Å². The van der Waals surface area contributed by atoms with Gasteiger partial charge in [-0.1, -0.05) is 48.2 Å². The first-order chi connectivity index (χ1) is 10.1. The molecule has 104 valence electrons. The van der Waals surface area contributed by atoms with E-state index in [4.69, 9.17) is 0 Å². The van der Waals surface area contributed by atoms with E-state index in [-0.39, 0.29) is 11.5 Å². The molecular formula is C16H10NO3S-. The third-order valence-corrected chi connectivity index (χ3v) is 4.12. The summed E-state index contributed by atoms with van der Waals surface area (Å²) in [4.78, 5) is 24.3. The van der Waals surface area contributed by atoms with Crippen molar-refractivity contribution in [3.63, 3.8) is 0 Å². The van der Waals surface area contributed by atoms with Gasteiger partial charge in [0.05, 0.1) is 16.6 Å². The van der Waals surface area contributed by atoms with Crippen LogP contribution in [0, 0.1) is 0 Å². The summed E-state index contributed by atoms with van der Waals surface area (Å²) >= 11 is 1.39. The summed E-state index contributed by atoms with van der Waals surface area (Å²) in [6, 6.07) is 13.8. The number of carboxylic acid groups (broad SMARTS) is 1. The predicted octanol–water partition coefficient (Wildman–Crippen LogP) is 2.14. The monoisotopic (exact) mass is 296 g/mol. The fourth-order valence-electron chi connectivity index (χ4n) is 1.97. The molecule has 0 saturated carbocycles. The zero-order chi connectivity index (χ0) is 14.8. The molecule has 21 heavy (non-hydrogen) atoms. The van der Waals surface area contributed by atoms with Crippen molar-refractivity contribution in [3.05, 3.63) is 64.6 Å². The normalized spacial score (nSPS) is 15.4. The van der Waals surface area contributed by atoms with Crippen LogP contribution in [0.4, 0.5) is 5.69 Å². The summed E-state index contributed by atoms with van der Waals surface area (Å²) in [5.41, 5.74) is 1.68. The Labute approximate surface area is 125 Å². The highest BCUT2D eigenvalue weighted by atomic mass is 32.2. The van der Waals surface area contributed by atoms with Crippen LogP contribution in [0.25, 0.3) is 6.08 Å². The van der Waals surface area contributed by atoms with Gasteiger partial charge >= 0.3 is 0 Å². The fourth-order valence-corrected chi connectivity index (χ4v) is 2.92. The van der Waals surface area contributed by atoms with Crippen molar-refractivity contribution in [2.45, 2.75) is 4.90 Å². The number of para-hydroxylation sites is 1. The summed E-state index contributed by atoms with van der Waals surface area (Å²) in [5, 5.41) is 13.5. The summed E-state index contributed by atoms with van der Waals surface area (Å²) in [5.74, 6) is -1.38. The van der Waals surface area contributed by atoms with Crippen molar-refractivity contribution in [2.24, 2.45) is 0 Å². The summed E-state index contributed by atoms with van der Waals surface area (Å²) in [6.07, 6.45) is 1.73. The topological polar surface area (TPSA) is 69.2 Å². The van der Waals surface area contributed by atoms with E-state index in [1.54, 1.807) is 18.2 Å². The number of nitrogens with one attached hydrogen (secondary N) is 1. The molecule has 1 heterocycles. The Kier molecular flexibility index (Phi) is 3.50. The lowest BCUT2D eigenvalue weighted by Crippen LogP contribution is -2.21. The minimum Gasteiger partial charge on any atom is -0.545 e. The second-order valence-corrected chi connectivity index (χ2v) is 5.55. The highest BCUT2D eigenvalue weighted by molar-refractivity contribution is 8.04. The van der Waals surface area contributed by atoms with E-state index >= 15 is 0 Å². The molecular weight excluding hydrogens is 286 g/mol. The van der Waals surface area contributed by atoms with Crippen LogP contribution in [-0.2, 0) is 4.79 Å². The lowest BCUT2D eigenvalue weighted by Gasteiger charge is -2.18. The number of aromatic carboxylic acids is 1. The number of hydrogen-bond donors (Lipinski definition) is 1. The second kappa shape index (κ2) is 5.46. The van der Waals surface area contributed by atoms with Crippen LogP contribution in [0.15, 0.2) is 58.3 Å². The van der Waals surface area contributed by atoms with Gasteiger partial charge in [-0.3, -0.25) is 4.79 Å². The van der Waals surface area contributed by atoms with E-state index < -0.39 is 5.97 Å². The Morgan fingerprint density at radius 2 is 1.81 bits per heavy atom. The van der Waals surface area contributed by atoms with Crippen LogP contribution in [0.5, 0.6) is 0 Å². The number of fused-ring (bicyclic) bond motifs is 1. The quantitative estimate of drug-likeness (QED) is 0.862. The Bertz CT molecular complexity index is 750. The van der Waals surface area contributed by atoms with Crippen LogP contribution in [0.2, 0.25) is 0 Å². The minimum absolute atomic E-state index is 0.114. The molecule has 2 aromatic rings. The molecule has 0 saturated heterocycles. The largest absolute Gasteiger partial charge is 0.545 e. The molecule has 0 atom stereocenters. The van der Waals surface area contributed by atoms with Gasteiger partial charge in [0.2, 0.25) is 0 Å². The molecule has 1 aliphatic heterocycles. The molecule has 1 aliphatic rings. The minimum atomic E-state index is -1.21. The number of carbonyl (C=O) groups is 2. The van der Waals surface area contributed by atoms with Gasteiger partial charge in [0.25, 0.3) is 5.91 Å². The van der Waals surface area contributed by atoms with Crippen LogP contribution in [0.1, 0.15) is 15.9 Å². The SMILES string of the molecule is O=C1Nc2ccccc2SC1=Cc1ccc(C(=O)[O-])cc1. The molecule has 0 bridgehead atoms. The van der Waals surface area contributed by atoms with Crippen molar-refractivity contribution in [1.29, 1.82) is 0 Å². The van der Waals surface area contributed by atoms with Crippen LogP contribution >= 0.6 is 11.8 Å². The van der Waals surface area contributed by atoms with Gasteiger partial charge < -0.3 is 15.2 Å². The van der Waals surface area contributed by atoms with Crippen LogP contribution < -0.4 is 10.4 Å². The first kappa shape index (κ1) is 13.5. The summed E-state index contributed by atoms with van der Waals surface area (Å²) < 4.78 is 0. The van der Waals surface area contributed by atoms with E-state index in [1.165, 1.54) is 23.9 Å². The van der Waals surface area contributed by atoms with Crippen molar-refractivity contribution >= 4 is 35.4 Å². The molecule has 2 aromatic carbocycles. The Morgan fingerprint density at radius 3 is 2.52 bits per heavy atom. The number of hydrogen-bond acceptors (Lipinski definition) is 4. The molecule has 1 N–H and O–H groups in total. The van der Waals surface area contributed by atoms with E-state index in [0.717, 1.165) is 16.1 Å². The second-order valence-electron chi connectivity index (χ2n) is 4.47. The molecule has 0 spiro atoms. The smallest absolute Gasteiger partial charge is 0.262 e.